The third-order valence-corrected chi connectivity index (χ3v) is 4.30. The maximum Gasteiger partial charge on any atom is 0.263 e. The molecule has 2 aromatic rings. The zero-order valence-electron chi connectivity index (χ0n) is 12.7. The molecule has 21 heavy (non-hydrogen) atoms. The smallest absolute Gasteiger partial charge is 0.263 e. The number of amides is 1. The summed E-state index contributed by atoms with van der Waals surface area (Å²) in [5.74, 6) is -0.0223. The van der Waals surface area contributed by atoms with Gasteiger partial charge in [-0.15, -0.1) is 11.3 Å². The van der Waals surface area contributed by atoms with Gasteiger partial charge in [-0.3, -0.25) is 4.79 Å². The van der Waals surface area contributed by atoms with E-state index in [-0.39, 0.29) is 5.91 Å². The summed E-state index contributed by atoms with van der Waals surface area (Å²) < 4.78 is 0. The summed E-state index contributed by atoms with van der Waals surface area (Å²) in [6.45, 7) is 3.55. The van der Waals surface area contributed by atoms with Crippen molar-refractivity contribution >= 4 is 17.2 Å². The van der Waals surface area contributed by atoms with Crippen LogP contribution in [0.25, 0.3) is 10.6 Å². The van der Waals surface area contributed by atoms with E-state index in [2.05, 4.69) is 15.2 Å². The SMILES string of the molecule is Cc1nc(-c2ccccc2)sc1C(=O)NCCCN(C)C. The molecule has 1 N–H and O–H groups in total. The highest BCUT2D eigenvalue weighted by Gasteiger charge is 2.15. The molecule has 0 spiro atoms. The maximum absolute atomic E-state index is 12.2. The van der Waals surface area contributed by atoms with Crippen LogP contribution in [0.2, 0.25) is 0 Å². The first kappa shape index (κ1) is 15.7. The molecule has 0 fully saturated rings. The van der Waals surface area contributed by atoms with Crippen LogP contribution in [0.15, 0.2) is 30.3 Å². The molecule has 0 bridgehead atoms. The molecule has 4 nitrogen and oxygen atoms in total. The van der Waals surface area contributed by atoms with Crippen molar-refractivity contribution < 1.29 is 4.79 Å². The van der Waals surface area contributed by atoms with Crippen LogP contribution in [-0.4, -0.2) is 43.0 Å². The van der Waals surface area contributed by atoms with Crippen LogP contribution in [0.3, 0.4) is 0 Å². The fraction of sp³-hybridized carbons (Fsp3) is 0.375. The van der Waals surface area contributed by atoms with E-state index in [1.165, 1.54) is 11.3 Å². The summed E-state index contributed by atoms with van der Waals surface area (Å²) in [5, 5.41) is 3.86. The molecule has 1 aromatic carbocycles. The average Bonchev–Trinajstić information content (AvgIpc) is 2.86. The third-order valence-electron chi connectivity index (χ3n) is 3.09. The van der Waals surface area contributed by atoms with Gasteiger partial charge >= 0.3 is 0 Å². The zero-order chi connectivity index (χ0) is 15.2. The van der Waals surface area contributed by atoms with Crippen LogP contribution in [0.1, 0.15) is 21.8 Å². The molecule has 0 aliphatic rings. The van der Waals surface area contributed by atoms with Crippen LogP contribution in [0, 0.1) is 6.92 Å². The van der Waals surface area contributed by atoms with Crippen LogP contribution >= 0.6 is 11.3 Å². The second kappa shape index (κ2) is 7.33. The van der Waals surface area contributed by atoms with E-state index >= 15 is 0 Å². The summed E-state index contributed by atoms with van der Waals surface area (Å²) in [6, 6.07) is 9.95. The van der Waals surface area contributed by atoms with Gasteiger partial charge in [0.2, 0.25) is 0 Å². The lowest BCUT2D eigenvalue weighted by atomic mass is 10.2. The fourth-order valence-electron chi connectivity index (χ4n) is 1.99. The number of nitrogens with one attached hydrogen (secondary N) is 1. The lowest BCUT2D eigenvalue weighted by Gasteiger charge is -2.09. The predicted molar refractivity (Wildman–Crippen MR) is 87.8 cm³/mol. The molecule has 1 amide bonds. The number of carbonyl (C=O) groups is 1. The quantitative estimate of drug-likeness (QED) is 0.835. The normalized spacial score (nSPS) is 10.9. The van der Waals surface area contributed by atoms with Crippen LogP contribution < -0.4 is 5.32 Å². The first-order valence-corrected chi connectivity index (χ1v) is 7.85. The van der Waals surface area contributed by atoms with Gasteiger partial charge in [-0.25, -0.2) is 4.98 Å². The molecule has 5 heteroatoms. The van der Waals surface area contributed by atoms with E-state index in [9.17, 15) is 4.79 Å². The molecule has 0 radical (unpaired) electrons. The Bertz CT molecular complexity index is 593. The van der Waals surface area contributed by atoms with E-state index < -0.39 is 0 Å². The summed E-state index contributed by atoms with van der Waals surface area (Å²) in [7, 11) is 4.06. The van der Waals surface area contributed by atoms with Crippen molar-refractivity contribution in [3.05, 3.63) is 40.9 Å². The Hall–Kier alpha value is -1.72. The Morgan fingerprint density at radius 3 is 2.67 bits per heavy atom. The molecule has 0 aliphatic heterocycles. The highest BCUT2D eigenvalue weighted by atomic mass is 32.1. The highest BCUT2D eigenvalue weighted by molar-refractivity contribution is 7.17. The van der Waals surface area contributed by atoms with Crippen molar-refractivity contribution in [2.45, 2.75) is 13.3 Å². The molecule has 0 saturated carbocycles. The average molecular weight is 303 g/mol. The number of rotatable bonds is 6. The minimum absolute atomic E-state index is 0.0223. The molecular formula is C16H21N3OS. The minimum atomic E-state index is -0.0223. The Labute approximate surface area is 129 Å². The number of aryl methyl sites for hydroxylation is 1. The van der Waals surface area contributed by atoms with Gasteiger partial charge in [0, 0.05) is 12.1 Å². The number of hydrogen-bond acceptors (Lipinski definition) is 4. The number of aromatic nitrogens is 1. The van der Waals surface area contributed by atoms with Gasteiger partial charge in [0.15, 0.2) is 0 Å². The second-order valence-corrected chi connectivity index (χ2v) is 6.21. The number of benzene rings is 1. The van der Waals surface area contributed by atoms with E-state index in [0.29, 0.717) is 11.4 Å². The lowest BCUT2D eigenvalue weighted by molar-refractivity contribution is 0.0955. The Balaban J connectivity index is 2.00. The van der Waals surface area contributed by atoms with Crippen molar-refractivity contribution in [3.8, 4) is 10.6 Å². The van der Waals surface area contributed by atoms with Crippen LogP contribution in [-0.2, 0) is 0 Å². The zero-order valence-corrected chi connectivity index (χ0v) is 13.5. The van der Waals surface area contributed by atoms with Gasteiger partial charge in [0.25, 0.3) is 5.91 Å². The molecule has 1 heterocycles. The van der Waals surface area contributed by atoms with E-state index in [1.54, 1.807) is 0 Å². The molecule has 1 aromatic heterocycles. The summed E-state index contributed by atoms with van der Waals surface area (Å²) in [6.07, 6.45) is 0.947. The molecule has 0 atom stereocenters. The van der Waals surface area contributed by atoms with Gasteiger partial charge in [-0.2, -0.15) is 0 Å². The summed E-state index contributed by atoms with van der Waals surface area (Å²) in [5.41, 5.74) is 1.85. The topological polar surface area (TPSA) is 45.2 Å². The van der Waals surface area contributed by atoms with E-state index in [0.717, 1.165) is 29.2 Å². The number of hydrogen-bond donors (Lipinski definition) is 1. The first-order chi connectivity index (χ1) is 10.1. The third kappa shape index (κ3) is 4.37. The number of carbonyl (C=O) groups excluding carboxylic acids is 1. The monoisotopic (exact) mass is 303 g/mol. The van der Waals surface area contributed by atoms with Gasteiger partial charge in [0.05, 0.1) is 5.69 Å². The lowest BCUT2D eigenvalue weighted by Crippen LogP contribution is -2.26. The largest absolute Gasteiger partial charge is 0.351 e. The standard InChI is InChI=1S/C16H21N3OS/c1-12-14(15(20)17-10-7-11-19(2)3)21-16(18-12)13-8-5-4-6-9-13/h4-6,8-9H,7,10-11H2,1-3H3,(H,17,20). The van der Waals surface area contributed by atoms with Crippen LogP contribution in [0.5, 0.6) is 0 Å². The maximum atomic E-state index is 12.2. The Morgan fingerprint density at radius 1 is 1.29 bits per heavy atom. The van der Waals surface area contributed by atoms with Crippen LogP contribution in [0.4, 0.5) is 0 Å². The highest BCUT2D eigenvalue weighted by Crippen LogP contribution is 2.27. The van der Waals surface area contributed by atoms with Crippen molar-refractivity contribution in [1.29, 1.82) is 0 Å². The predicted octanol–water partition coefficient (Wildman–Crippen LogP) is 2.80. The summed E-state index contributed by atoms with van der Waals surface area (Å²) in [4.78, 5) is 19.5. The molecule has 0 unspecified atom stereocenters. The van der Waals surface area contributed by atoms with Crippen molar-refractivity contribution in [2.24, 2.45) is 0 Å². The minimum Gasteiger partial charge on any atom is -0.351 e. The molecule has 0 saturated heterocycles. The Morgan fingerprint density at radius 2 is 2.00 bits per heavy atom. The van der Waals surface area contributed by atoms with Crippen molar-refractivity contribution in [3.63, 3.8) is 0 Å². The molecule has 112 valence electrons. The number of thiazole rings is 1. The molecule has 0 aliphatic carbocycles. The van der Waals surface area contributed by atoms with Gasteiger partial charge in [-0.1, -0.05) is 30.3 Å². The van der Waals surface area contributed by atoms with E-state index in [1.807, 2.05) is 51.4 Å². The fourth-order valence-corrected chi connectivity index (χ4v) is 2.98. The Kier molecular flexibility index (Phi) is 5.47. The summed E-state index contributed by atoms with van der Waals surface area (Å²) >= 11 is 1.45. The van der Waals surface area contributed by atoms with Crippen molar-refractivity contribution in [2.75, 3.05) is 27.2 Å². The first-order valence-electron chi connectivity index (χ1n) is 7.03. The van der Waals surface area contributed by atoms with Gasteiger partial charge in [0.1, 0.15) is 9.88 Å². The van der Waals surface area contributed by atoms with E-state index in [4.69, 9.17) is 0 Å². The van der Waals surface area contributed by atoms with Crippen molar-refractivity contribution in [1.82, 2.24) is 15.2 Å². The van der Waals surface area contributed by atoms with Gasteiger partial charge < -0.3 is 10.2 Å². The number of nitrogens with zero attached hydrogens (tertiary/aromatic N) is 2. The molecule has 2 rings (SSSR count). The second-order valence-electron chi connectivity index (χ2n) is 5.21. The molecular weight excluding hydrogens is 282 g/mol. The van der Waals surface area contributed by atoms with Gasteiger partial charge in [-0.05, 0) is 34.0 Å².